The predicted octanol–water partition coefficient (Wildman–Crippen LogP) is 3.16. The number of cyclic esters (lactones) is 1. The maximum atomic E-state index is 14.1. The summed E-state index contributed by atoms with van der Waals surface area (Å²) in [5, 5.41) is 34.1. The van der Waals surface area contributed by atoms with Gasteiger partial charge in [-0.1, -0.05) is 25.1 Å². The highest BCUT2D eigenvalue weighted by molar-refractivity contribution is 7.90. The molecule has 16 nitrogen and oxygen atoms in total. The fourth-order valence-electron chi connectivity index (χ4n) is 7.87. The second-order valence-corrected chi connectivity index (χ2v) is 18.3. The van der Waals surface area contributed by atoms with E-state index in [1.54, 1.807) is 33.8 Å². The molecular formula is C40H67N3O13S. The van der Waals surface area contributed by atoms with Gasteiger partial charge in [-0.05, 0) is 93.0 Å². The lowest BCUT2D eigenvalue weighted by atomic mass is 9.88. The molecule has 0 radical (unpaired) electrons. The Morgan fingerprint density at radius 3 is 2.33 bits per heavy atom. The SMILES string of the molecule is CC[C@H]1OC(=O)[C@H](C)[C@@H](O[C@@H]2C[C@@](C)(OC)[C@@H](O)[C@H](C)O2)C[C@@H](O[C@H]2C[C@H](N(C)C)C[C@@H](C)O2)CCCCN(C(=O)NS(=O)(=O)c2ccccc2)C[C@@H](O)[C@]1(C)O. The Morgan fingerprint density at radius 2 is 1.70 bits per heavy atom. The van der Waals surface area contributed by atoms with Gasteiger partial charge >= 0.3 is 12.0 Å². The number of nitrogens with zero attached hydrogens (tertiary/aromatic N) is 2. The first-order valence-corrected chi connectivity index (χ1v) is 21.7. The van der Waals surface area contributed by atoms with E-state index in [9.17, 15) is 33.3 Å². The van der Waals surface area contributed by atoms with E-state index in [1.807, 2.05) is 21.0 Å². The normalized spacial score (nSPS) is 38.2. The molecule has 0 saturated carbocycles. The van der Waals surface area contributed by atoms with E-state index < -0.39 is 94.9 Å². The summed E-state index contributed by atoms with van der Waals surface area (Å²) >= 11 is 0. The summed E-state index contributed by atoms with van der Waals surface area (Å²) in [6.45, 7) is 9.73. The van der Waals surface area contributed by atoms with Gasteiger partial charge in [-0.15, -0.1) is 0 Å². The summed E-state index contributed by atoms with van der Waals surface area (Å²) in [5.41, 5.74) is -3.05. The van der Waals surface area contributed by atoms with Crippen LogP contribution in [0.4, 0.5) is 4.79 Å². The highest BCUT2D eigenvalue weighted by Gasteiger charge is 2.48. The molecule has 0 spiro atoms. The summed E-state index contributed by atoms with van der Waals surface area (Å²) in [7, 11) is 1.28. The molecule has 3 heterocycles. The van der Waals surface area contributed by atoms with Gasteiger partial charge in [-0.3, -0.25) is 4.79 Å². The van der Waals surface area contributed by atoms with Crippen LogP contribution in [-0.4, -0.2) is 152 Å². The van der Waals surface area contributed by atoms with E-state index >= 15 is 0 Å². The molecule has 2 amide bonds. The van der Waals surface area contributed by atoms with Crippen LogP contribution in [0.25, 0.3) is 0 Å². The van der Waals surface area contributed by atoms with Crippen LogP contribution in [0.2, 0.25) is 0 Å². The fraction of sp³-hybridized carbons (Fsp3) is 0.800. The molecule has 4 rings (SSSR count). The Morgan fingerprint density at radius 1 is 1.02 bits per heavy atom. The molecule has 57 heavy (non-hydrogen) atoms. The van der Waals surface area contributed by atoms with Crippen LogP contribution in [0.15, 0.2) is 35.2 Å². The highest BCUT2D eigenvalue weighted by atomic mass is 32.2. The Hall–Kier alpha value is -2.45. The number of ether oxygens (including phenoxy) is 6. The van der Waals surface area contributed by atoms with Crippen molar-refractivity contribution >= 4 is 22.0 Å². The molecule has 3 saturated heterocycles. The number of β-amino-alcohol motifs (C(OH)–C–C–N with tert-alkyl or cyclic N) is 1. The van der Waals surface area contributed by atoms with Crippen LogP contribution in [0.3, 0.4) is 0 Å². The Labute approximate surface area is 338 Å². The van der Waals surface area contributed by atoms with Gasteiger partial charge in [0.25, 0.3) is 10.0 Å². The molecular weight excluding hydrogens is 763 g/mol. The molecule has 0 aromatic heterocycles. The van der Waals surface area contributed by atoms with Gasteiger partial charge in [-0.25, -0.2) is 17.9 Å². The number of amides is 2. The quantitative estimate of drug-likeness (QED) is 0.265. The minimum Gasteiger partial charge on any atom is -0.459 e. The van der Waals surface area contributed by atoms with Gasteiger partial charge in [0.05, 0.1) is 47.4 Å². The Bertz CT molecular complexity index is 1550. The number of benzene rings is 1. The smallest absolute Gasteiger partial charge is 0.331 e. The maximum absolute atomic E-state index is 14.1. The fourth-order valence-corrected chi connectivity index (χ4v) is 8.87. The first-order valence-electron chi connectivity index (χ1n) is 20.2. The standard InChI is InChI=1S/C40H67N3O13S/c1-10-33-40(6,48)32(44)24-43(38(47)41-57(49,50)30-17-12-11-13-18-30)19-15-14-16-29(54-34-21-28(42(7)8)20-25(2)52-34)22-31(26(3)37(46)56-33)55-35-23-39(5,51-9)36(45)27(4)53-35/h11-13,17-18,25-29,31-36,44-45,48H,10,14-16,19-24H2,1-9H3,(H,41,47)/t25-,26-,27+,28-,29+,31+,32-,33-,34+,35-,36+,39-,40+/m1/s1. The van der Waals surface area contributed by atoms with Gasteiger partial charge in [-0.2, -0.15) is 0 Å². The molecule has 3 aliphatic heterocycles. The van der Waals surface area contributed by atoms with Crippen molar-refractivity contribution in [1.29, 1.82) is 0 Å². The molecule has 1 aromatic carbocycles. The van der Waals surface area contributed by atoms with Crippen molar-refractivity contribution in [3.63, 3.8) is 0 Å². The number of sulfonamides is 1. The first kappa shape index (κ1) is 47.2. The van der Waals surface area contributed by atoms with E-state index in [0.29, 0.717) is 25.7 Å². The minimum absolute atomic E-state index is 0.0221. The van der Waals surface area contributed by atoms with E-state index in [4.69, 9.17) is 28.4 Å². The third-order valence-corrected chi connectivity index (χ3v) is 13.2. The molecule has 3 fully saturated rings. The average molecular weight is 830 g/mol. The van der Waals surface area contributed by atoms with Crippen molar-refractivity contribution < 1.29 is 61.7 Å². The number of methoxy groups -OCH3 is 1. The number of hydrogen-bond donors (Lipinski definition) is 4. The Kier molecular flexibility index (Phi) is 16.7. The lowest BCUT2D eigenvalue weighted by Gasteiger charge is -2.45. The summed E-state index contributed by atoms with van der Waals surface area (Å²) < 4.78 is 65.7. The lowest BCUT2D eigenvalue weighted by Crippen LogP contribution is -2.58. The highest BCUT2D eigenvalue weighted by Crippen LogP contribution is 2.36. The van der Waals surface area contributed by atoms with Crippen LogP contribution >= 0.6 is 0 Å². The van der Waals surface area contributed by atoms with Crippen LogP contribution in [0, 0.1) is 5.92 Å². The summed E-state index contributed by atoms with van der Waals surface area (Å²) in [5.74, 6) is -1.63. The zero-order valence-electron chi connectivity index (χ0n) is 35.0. The first-order chi connectivity index (χ1) is 26.7. The molecule has 17 heteroatoms. The van der Waals surface area contributed by atoms with Gasteiger partial charge < -0.3 is 53.5 Å². The monoisotopic (exact) mass is 829 g/mol. The van der Waals surface area contributed by atoms with Crippen molar-refractivity contribution in [3.8, 4) is 0 Å². The Balaban J connectivity index is 1.67. The summed E-state index contributed by atoms with van der Waals surface area (Å²) in [6.07, 6.45) is -4.09. The number of nitrogens with one attached hydrogen (secondary N) is 1. The van der Waals surface area contributed by atoms with Crippen LogP contribution in [-0.2, 0) is 43.2 Å². The third-order valence-electron chi connectivity index (χ3n) is 11.9. The van der Waals surface area contributed by atoms with Crippen LogP contribution in [0.1, 0.15) is 92.9 Å². The van der Waals surface area contributed by atoms with Crippen molar-refractivity contribution in [3.05, 3.63) is 30.3 Å². The number of esters is 1. The summed E-state index contributed by atoms with van der Waals surface area (Å²) in [4.78, 5) is 30.9. The molecule has 0 unspecified atom stereocenters. The van der Waals surface area contributed by atoms with E-state index in [-0.39, 0.29) is 42.8 Å². The van der Waals surface area contributed by atoms with Crippen LogP contribution < -0.4 is 4.72 Å². The molecule has 0 aliphatic carbocycles. The molecule has 3 aliphatic rings. The maximum Gasteiger partial charge on any atom is 0.331 e. The molecule has 0 bridgehead atoms. The number of rotatable bonds is 9. The predicted molar refractivity (Wildman–Crippen MR) is 209 cm³/mol. The number of hydrogen-bond acceptors (Lipinski definition) is 14. The van der Waals surface area contributed by atoms with Crippen molar-refractivity contribution in [1.82, 2.24) is 14.5 Å². The van der Waals surface area contributed by atoms with Crippen molar-refractivity contribution in [2.24, 2.45) is 5.92 Å². The number of urea groups is 1. The van der Waals surface area contributed by atoms with E-state index in [1.165, 1.54) is 38.3 Å². The zero-order valence-corrected chi connectivity index (χ0v) is 35.9. The van der Waals surface area contributed by atoms with E-state index in [0.717, 1.165) is 11.3 Å². The van der Waals surface area contributed by atoms with Gasteiger partial charge in [0.1, 0.15) is 23.9 Å². The number of aliphatic hydroxyl groups is 3. The number of carbonyl (C=O) groups is 2. The van der Waals surface area contributed by atoms with Gasteiger partial charge in [0.2, 0.25) is 0 Å². The van der Waals surface area contributed by atoms with Crippen molar-refractivity contribution in [2.75, 3.05) is 34.3 Å². The van der Waals surface area contributed by atoms with Gasteiger partial charge in [0, 0.05) is 39.0 Å². The third kappa shape index (κ3) is 12.3. The summed E-state index contributed by atoms with van der Waals surface area (Å²) in [6, 6.07) is 6.67. The second-order valence-electron chi connectivity index (χ2n) is 16.6. The average Bonchev–Trinajstić information content (AvgIpc) is 3.15. The largest absolute Gasteiger partial charge is 0.459 e. The molecule has 1 aromatic rings. The molecule has 13 atom stereocenters. The number of aliphatic hydroxyl groups excluding tert-OH is 2. The lowest BCUT2D eigenvalue weighted by molar-refractivity contribution is -0.295. The molecule has 326 valence electrons. The molecule has 4 N–H and O–H groups in total. The second kappa shape index (κ2) is 20.2. The zero-order chi connectivity index (χ0) is 42.3. The van der Waals surface area contributed by atoms with E-state index in [2.05, 4.69) is 9.62 Å². The minimum atomic E-state index is -4.26. The van der Waals surface area contributed by atoms with Crippen LogP contribution in [0.5, 0.6) is 0 Å². The topological polar surface area (TPSA) is 203 Å². The van der Waals surface area contributed by atoms with Crippen molar-refractivity contribution in [2.45, 2.75) is 170 Å². The number of carbonyl (C=O) groups excluding carboxylic acids is 2. The van der Waals surface area contributed by atoms with Gasteiger partial charge in [0.15, 0.2) is 12.6 Å².